The van der Waals surface area contributed by atoms with Crippen molar-refractivity contribution >= 4 is 17.8 Å². The summed E-state index contributed by atoms with van der Waals surface area (Å²) in [5, 5.41) is 2.07. The number of aromatic nitrogens is 2. The van der Waals surface area contributed by atoms with Gasteiger partial charge in [0, 0.05) is 29.8 Å². The maximum absolute atomic E-state index is 14.8. The van der Waals surface area contributed by atoms with Crippen LogP contribution in [0.1, 0.15) is 65.3 Å². The highest BCUT2D eigenvalue weighted by Gasteiger charge is 2.46. The first-order chi connectivity index (χ1) is 18.3. The van der Waals surface area contributed by atoms with Crippen molar-refractivity contribution in [2.75, 3.05) is 13.1 Å². The molecular formula is C26H29F4N4O5+. The van der Waals surface area contributed by atoms with Crippen molar-refractivity contribution < 1.29 is 41.6 Å². The van der Waals surface area contributed by atoms with E-state index in [2.05, 4.69) is 9.94 Å². The number of halogens is 4. The van der Waals surface area contributed by atoms with Gasteiger partial charge in [0.1, 0.15) is 17.2 Å². The number of piperazine rings is 1. The predicted molar refractivity (Wildman–Crippen MR) is 128 cm³/mol. The maximum atomic E-state index is 14.8. The van der Waals surface area contributed by atoms with E-state index in [9.17, 15) is 36.7 Å². The van der Waals surface area contributed by atoms with Gasteiger partial charge in [-0.25, -0.2) is 9.18 Å². The summed E-state index contributed by atoms with van der Waals surface area (Å²) in [6, 6.07) is 3.52. The van der Waals surface area contributed by atoms with Crippen LogP contribution < -0.4 is 15.2 Å². The molecule has 0 radical (unpaired) electrons. The van der Waals surface area contributed by atoms with Crippen LogP contribution in [0.2, 0.25) is 0 Å². The molecule has 1 aromatic heterocycles. The van der Waals surface area contributed by atoms with Gasteiger partial charge in [0.15, 0.2) is 0 Å². The second-order valence-corrected chi connectivity index (χ2v) is 10.1. The number of carbonyl (C=O) groups excluding carboxylic acids is 3. The van der Waals surface area contributed by atoms with E-state index in [0.29, 0.717) is 10.4 Å². The number of nitrogens with zero attached hydrogens (tertiary/aromatic N) is 3. The van der Waals surface area contributed by atoms with Gasteiger partial charge in [0.2, 0.25) is 5.91 Å². The molecule has 210 valence electrons. The highest BCUT2D eigenvalue weighted by molar-refractivity contribution is 5.97. The Balaban J connectivity index is 1.60. The van der Waals surface area contributed by atoms with Gasteiger partial charge in [-0.1, -0.05) is 24.0 Å². The molecule has 2 heterocycles. The number of aromatic amines is 1. The third-order valence-electron chi connectivity index (χ3n) is 7.40. The summed E-state index contributed by atoms with van der Waals surface area (Å²) in [5.74, 6) is -4.25. The van der Waals surface area contributed by atoms with Crippen molar-refractivity contribution in [3.05, 3.63) is 62.3 Å². The Morgan fingerprint density at radius 1 is 1.13 bits per heavy atom. The lowest BCUT2D eigenvalue weighted by Gasteiger charge is -2.42. The van der Waals surface area contributed by atoms with Crippen molar-refractivity contribution in [3.8, 4) is 0 Å². The molecule has 1 unspecified atom stereocenters. The topological polar surface area (TPSA) is 104 Å². The van der Waals surface area contributed by atoms with E-state index in [-0.39, 0.29) is 59.9 Å². The second kappa shape index (κ2) is 10.8. The molecule has 2 fully saturated rings. The lowest BCUT2D eigenvalue weighted by atomic mass is 10.0. The van der Waals surface area contributed by atoms with Crippen molar-refractivity contribution in [3.63, 3.8) is 0 Å². The van der Waals surface area contributed by atoms with Crippen LogP contribution in [0.3, 0.4) is 0 Å². The second-order valence-electron chi connectivity index (χ2n) is 10.1. The number of hydrogen-bond acceptors (Lipinski definition) is 5. The lowest BCUT2D eigenvalue weighted by molar-refractivity contribution is -0.921. The molecule has 0 spiro atoms. The number of hydrogen-bond donors (Lipinski definition) is 1. The molecule has 2 aliphatic rings. The standard InChI is InChI=1S/C26H28F4N4O5/c1-14-12-32(13-22(35)33(14)18-6-4-5-7-18)24(37)19-10-17(8-9-20(19)27)11-21-15(2)16(3)23(36)31-34(21)39-25(38)26(28,29)30/h8-10,14,18H,4-7,11-13H2,1-3H3/p+1. The third kappa shape index (κ3) is 5.81. The Hall–Kier alpha value is -3.77. The van der Waals surface area contributed by atoms with Crippen LogP contribution in [0.5, 0.6) is 0 Å². The predicted octanol–water partition coefficient (Wildman–Crippen LogP) is 2.14. The van der Waals surface area contributed by atoms with Gasteiger partial charge in [0.25, 0.3) is 11.6 Å². The van der Waals surface area contributed by atoms with Crippen LogP contribution in [0, 0.1) is 19.7 Å². The highest BCUT2D eigenvalue weighted by Crippen LogP contribution is 2.28. The number of benzene rings is 1. The molecule has 2 amide bonds. The number of amides is 2. The van der Waals surface area contributed by atoms with Gasteiger partial charge >= 0.3 is 17.7 Å². The number of nitrogens with one attached hydrogen (secondary N) is 1. The van der Waals surface area contributed by atoms with E-state index in [1.807, 2.05) is 11.8 Å². The van der Waals surface area contributed by atoms with Gasteiger partial charge in [-0.2, -0.15) is 18.0 Å². The number of carbonyl (C=O) groups is 3. The Bertz CT molecular complexity index is 1370. The third-order valence-corrected chi connectivity index (χ3v) is 7.40. The van der Waals surface area contributed by atoms with Gasteiger partial charge < -0.3 is 9.80 Å². The first-order valence-corrected chi connectivity index (χ1v) is 12.6. The Morgan fingerprint density at radius 3 is 2.41 bits per heavy atom. The molecule has 1 aromatic carbocycles. The fraction of sp³-hybridized carbons (Fsp3) is 0.500. The number of H-pyrrole nitrogens is 1. The Labute approximate surface area is 221 Å². The summed E-state index contributed by atoms with van der Waals surface area (Å²) in [4.78, 5) is 57.6. The van der Waals surface area contributed by atoms with Crippen molar-refractivity contribution in [2.24, 2.45) is 0 Å². The van der Waals surface area contributed by atoms with Crippen LogP contribution in [-0.2, 0) is 16.0 Å². The highest BCUT2D eigenvalue weighted by atomic mass is 19.4. The van der Waals surface area contributed by atoms with E-state index in [1.165, 1.54) is 30.9 Å². The summed E-state index contributed by atoms with van der Waals surface area (Å²) < 4.78 is 53.3. The fourth-order valence-corrected chi connectivity index (χ4v) is 5.27. The van der Waals surface area contributed by atoms with Crippen LogP contribution in [0.15, 0.2) is 23.0 Å². The zero-order valence-corrected chi connectivity index (χ0v) is 21.7. The molecule has 1 saturated heterocycles. The molecule has 1 aliphatic heterocycles. The first-order valence-electron chi connectivity index (χ1n) is 12.6. The van der Waals surface area contributed by atoms with Crippen molar-refractivity contribution in [1.82, 2.24) is 14.9 Å². The lowest BCUT2D eigenvalue weighted by Crippen LogP contribution is -2.59. The Kier molecular flexibility index (Phi) is 7.80. The Morgan fingerprint density at radius 2 is 1.79 bits per heavy atom. The molecule has 1 aliphatic carbocycles. The van der Waals surface area contributed by atoms with Crippen LogP contribution in [0.25, 0.3) is 0 Å². The van der Waals surface area contributed by atoms with Gasteiger partial charge in [-0.15, -0.1) is 0 Å². The molecule has 0 bridgehead atoms. The monoisotopic (exact) mass is 553 g/mol. The normalized spacial score (nSPS) is 18.5. The zero-order chi connectivity index (χ0) is 28.6. The smallest absolute Gasteiger partial charge is 0.334 e. The average molecular weight is 554 g/mol. The maximum Gasteiger partial charge on any atom is 0.498 e. The van der Waals surface area contributed by atoms with Gasteiger partial charge in [-0.3, -0.25) is 14.4 Å². The summed E-state index contributed by atoms with van der Waals surface area (Å²) in [5.41, 5.74) is -0.362. The average Bonchev–Trinajstić information content (AvgIpc) is 3.39. The van der Waals surface area contributed by atoms with Crippen LogP contribution in [-0.4, -0.2) is 64.0 Å². The molecule has 9 nitrogen and oxygen atoms in total. The SMILES string of the molecule is Cc1c(C)c(=O)[nH][n+](OC(=O)C(F)(F)F)c1Cc1ccc(F)c(C(=O)N2CC(=O)N(C3CCCC3)C(C)C2)c1. The summed E-state index contributed by atoms with van der Waals surface area (Å²) in [6.45, 7) is 4.80. The zero-order valence-electron chi connectivity index (χ0n) is 21.7. The van der Waals surface area contributed by atoms with Gasteiger partial charge in [-0.05, 0) is 51.3 Å². The minimum Gasteiger partial charge on any atom is -0.334 e. The number of alkyl halides is 3. The summed E-state index contributed by atoms with van der Waals surface area (Å²) >= 11 is 0. The molecule has 1 N–H and O–H groups in total. The van der Waals surface area contributed by atoms with Crippen molar-refractivity contribution in [1.29, 1.82) is 0 Å². The quantitative estimate of drug-likeness (QED) is 0.452. The fourth-order valence-electron chi connectivity index (χ4n) is 5.27. The van der Waals surface area contributed by atoms with E-state index in [0.717, 1.165) is 31.7 Å². The van der Waals surface area contributed by atoms with E-state index in [1.54, 1.807) is 0 Å². The van der Waals surface area contributed by atoms with Gasteiger partial charge in [0.05, 0.1) is 12.0 Å². The van der Waals surface area contributed by atoms with Crippen LogP contribution in [0.4, 0.5) is 17.6 Å². The van der Waals surface area contributed by atoms with E-state index in [4.69, 9.17) is 0 Å². The molecule has 1 saturated carbocycles. The largest absolute Gasteiger partial charge is 0.498 e. The first kappa shape index (κ1) is 28.2. The molecule has 4 rings (SSSR count). The van der Waals surface area contributed by atoms with Crippen LogP contribution >= 0.6 is 0 Å². The van der Waals surface area contributed by atoms with E-state index < -0.39 is 29.4 Å². The molecule has 39 heavy (non-hydrogen) atoms. The minimum atomic E-state index is -5.31. The van der Waals surface area contributed by atoms with E-state index >= 15 is 0 Å². The molecule has 1 atom stereocenters. The molecule has 13 heteroatoms. The van der Waals surface area contributed by atoms with Crippen molar-refractivity contribution in [2.45, 2.75) is 71.1 Å². The molecule has 2 aromatic rings. The minimum absolute atomic E-state index is 0.0105. The molecular weight excluding hydrogens is 524 g/mol. The summed E-state index contributed by atoms with van der Waals surface area (Å²) in [6.07, 6.45) is -1.59. The number of rotatable bonds is 5. The summed E-state index contributed by atoms with van der Waals surface area (Å²) in [7, 11) is 0.